The summed E-state index contributed by atoms with van der Waals surface area (Å²) in [6.07, 6.45) is 2.23. The summed E-state index contributed by atoms with van der Waals surface area (Å²) in [5.74, 6) is -0.744. The van der Waals surface area contributed by atoms with Gasteiger partial charge in [-0.1, -0.05) is 30.3 Å². The van der Waals surface area contributed by atoms with E-state index in [1.54, 1.807) is 5.38 Å². The zero-order valence-corrected chi connectivity index (χ0v) is 15.3. The van der Waals surface area contributed by atoms with Gasteiger partial charge in [0.05, 0.1) is 24.0 Å². The van der Waals surface area contributed by atoms with Crippen molar-refractivity contribution in [2.75, 3.05) is 12.4 Å². The summed E-state index contributed by atoms with van der Waals surface area (Å²) in [6.45, 7) is 0.579. The van der Waals surface area contributed by atoms with Gasteiger partial charge in [-0.15, -0.1) is 11.3 Å². The molecule has 0 spiro atoms. The molecule has 0 aliphatic carbocycles. The highest BCUT2D eigenvalue weighted by Gasteiger charge is 2.24. The van der Waals surface area contributed by atoms with Crippen molar-refractivity contribution in [1.29, 1.82) is 0 Å². The van der Waals surface area contributed by atoms with E-state index < -0.39 is 15.9 Å². The molecular weight excluding hydrogens is 360 g/mol. The van der Waals surface area contributed by atoms with Crippen LogP contribution in [0.15, 0.2) is 35.7 Å². The number of ether oxygens (including phenoxy) is 1. The van der Waals surface area contributed by atoms with Gasteiger partial charge in [0.2, 0.25) is 15.9 Å². The Labute approximate surface area is 151 Å². The van der Waals surface area contributed by atoms with E-state index in [9.17, 15) is 13.2 Å². The van der Waals surface area contributed by atoms with Crippen molar-refractivity contribution in [1.82, 2.24) is 9.71 Å². The van der Waals surface area contributed by atoms with Gasteiger partial charge in [-0.25, -0.2) is 13.4 Å². The number of rotatable bonds is 6. The third-order valence-corrected chi connectivity index (χ3v) is 6.15. The van der Waals surface area contributed by atoms with Crippen LogP contribution in [0.1, 0.15) is 25.0 Å². The van der Waals surface area contributed by atoms with Gasteiger partial charge >= 0.3 is 0 Å². The molecular formula is C17H20N2O4S2. The van der Waals surface area contributed by atoms with Gasteiger partial charge in [-0.2, -0.15) is 0 Å². The van der Waals surface area contributed by atoms with Gasteiger partial charge < -0.3 is 4.74 Å². The van der Waals surface area contributed by atoms with Crippen LogP contribution in [0.2, 0.25) is 0 Å². The highest BCUT2D eigenvalue weighted by atomic mass is 32.2. The van der Waals surface area contributed by atoms with Crippen LogP contribution in [0.3, 0.4) is 0 Å². The number of aromatic nitrogens is 1. The topological polar surface area (TPSA) is 85.4 Å². The predicted molar refractivity (Wildman–Crippen MR) is 96.8 cm³/mol. The lowest BCUT2D eigenvalue weighted by molar-refractivity contribution is -0.118. The van der Waals surface area contributed by atoms with E-state index in [0.29, 0.717) is 18.7 Å². The Balaban J connectivity index is 1.56. The molecule has 1 atom stereocenters. The Bertz CT molecular complexity index is 812. The van der Waals surface area contributed by atoms with Crippen LogP contribution in [0.4, 0.5) is 0 Å². The van der Waals surface area contributed by atoms with Crippen molar-refractivity contribution in [2.24, 2.45) is 0 Å². The third-order valence-electron chi connectivity index (χ3n) is 3.86. The molecule has 0 bridgehead atoms. The average molecular weight is 380 g/mol. The van der Waals surface area contributed by atoms with E-state index in [-0.39, 0.29) is 18.3 Å². The Morgan fingerprint density at radius 2 is 2.08 bits per heavy atom. The van der Waals surface area contributed by atoms with Crippen LogP contribution >= 0.6 is 11.3 Å². The summed E-state index contributed by atoms with van der Waals surface area (Å²) in [5.41, 5.74) is 1.53. The maximum Gasteiger partial charge on any atom is 0.239 e. The summed E-state index contributed by atoms with van der Waals surface area (Å²) in [6, 6.07) is 9.65. The van der Waals surface area contributed by atoms with Gasteiger partial charge in [0, 0.05) is 17.6 Å². The molecule has 1 amide bonds. The summed E-state index contributed by atoms with van der Waals surface area (Å²) in [7, 11) is -3.69. The van der Waals surface area contributed by atoms with Crippen LogP contribution in [-0.2, 0) is 26.0 Å². The molecule has 2 heterocycles. The molecule has 3 rings (SSSR count). The normalized spacial score (nSPS) is 18.0. The molecule has 6 nitrogen and oxygen atoms in total. The summed E-state index contributed by atoms with van der Waals surface area (Å²) >= 11 is 1.43. The number of carbonyl (C=O) groups excluding carboxylic acids is 1. The van der Waals surface area contributed by atoms with E-state index in [1.165, 1.54) is 11.3 Å². The summed E-state index contributed by atoms with van der Waals surface area (Å²) < 4.78 is 31.7. The fourth-order valence-corrected chi connectivity index (χ4v) is 4.78. The maximum atomic E-state index is 12.1. The zero-order chi connectivity index (χ0) is 17.7. The minimum Gasteiger partial charge on any atom is -0.377 e. The molecule has 1 N–H and O–H groups in total. The number of benzene rings is 1. The number of nitrogens with zero attached hydrogens (tertiary/aromatic N) is 1. The zero-order valence-electron chi connectivity index (χ0n) is 13.7. The van der Waals surface area contributed by atoms with Crippen molar-refractivity contribution in [3.8, 4) is 10.6 Å². The second-order valence-electron chi connectivity index (χ2n) is 5.98. The van der Waals surface area contributed by atoms with Crippen LogP contribution in [0.25, 0.3) is 10.6 Å². The Morgan fingerprint density at radius 1 is 1.28 bits per heavy atom. The maximum absolute atomic E-state index is 12.1. The first-order valence-corrected chi connectivity index (χ1v) is 10.7. The van der Waals surface area contributed by atoms with E-state index in [1.807, 2.05) is 30.3 Å². The van der Waals surface area contributed by atoms with Gasteiger partial charge in [0.25, 0.3) is 0 Å². The van der Waals surface area contributed by atoms with Crippen LogP contribution in [-0.4, -0.2) is 37.8 Å². The summed E-state index contributed by atoms with van der Waals surface area (Å²) in [5, 5.41) is 2.58. The van der Waals surface area contributed by atoms with Crippen molar-refractivity contribution >= 4 is 27.3 Å². The highest BCUT2D eigenvalue weighted by molar-refractivity contribution is 7.90. The first-order chi connectivity index (χ1) is 12.0. The minimum absolute atomic E-state index is 0.0614. The summed E-state index contributed by atoms with van der Waals surface area (Å²) in [4.78, 5) is 16.5. The smallest absolute Gasteiger partial charge is 0.239 e. The van der Waals surface area contributed by atoms with E-state index in [0.717, 1.165) is 23.4 Å². The lowest BCUT2D eigenvalue weighted by Gasteiger charge is -2.22. The molecule has 1 saturated heterocycles. The predicted octanol–water partition coefficient (Wildman–Crippen LogP) is 2.37. The molecule has 25 heavy (non-hydrogen) atoms. The molecule has 1 aliphatic rings. The Morgan fingerprint density at radius 3 is 2.80 bits per heavy atom. The molecule has 1 fully saturated rings. The molecule has 1 unspecified atom stereocenters. The van der Waals surface area contributed by atoms with Gasteiger partial charge in [0.15, 0.2) is 0 Å². The fraction of sp³-hybridized carbons (Fsp3) is 0.412. The molecule has 0 radical (unpaired) electrons. The van der Waals surface area contributed by atoms with Gasteiger partial charge in [0.1, 0.15) is 5.01 Å². The number of carbonyl (C=O) groups is 1. The second-order valence-corrected chi connectivity index (χ2v) is 8.61. The molecule has 0 saturated carbocycles. The lowest BCUT2D eigenvalue weighted by atomic mass is 10.1. The first kappa shape index (κ1) is 18.0. The number of sulfonamides is 1. The van der Waals surface area contributed by atoms with Crippen molar-refractivity contribution < 1.29 is 17.9 Å². The quantitative estimate of drug-likeness (QED) is 0.832. The molecule has 1 aromatic heterocycles. The monoisotopic (exact) mass is 380 g/mol. The standard InChI is InChI=1S/C17H20N2O4S2/c20-16(19-25(21,22)12-15-8-4-5-9-23-15)10-14-11-24-17(18-14)13-6-2-1-3-7-13/h1-3,6-7,11,15H,4-5,8-10,12H2,(H,19,20). The molecule has 8 heteroatoms. The van der Waals surface area contributed by atoms with E-state index >= 15 is 0 Å². The Kier molecular flexibility index (Phi) is 5.82. The second kappa shape index (κ2) is 8.07. The minimum atomic E-state index is -3.69. The number of hydrogen-bond donors (Lipinski definition) is 1. The SMILES string of the molecule is O=C(Cc1csc(-c2ccccc2)n1)NS(=O)(=O)CC1CCCCO1. The molecule has 2 aromatic rings. The van der Waals surface area contributed by atoms with Crippen molar-refractivity contribution in [3.05, 3.63) is 41.4 Å². The van der Waals surface area contributed by atoms with E-state index in [2.05, 4.69) is 9.71 Å². The third kappa shape index (κ3) is 5.35. The van der Waals surface area contributed by atoms with Crippen molar-refractivity contribution in [3.63, 3.8) is 0 Å². The first-order valence-electron chi connectivity index (χ1n) is 8.16. The average Bonchev–Trinajstić information content (AvgIpc) is 3.04. The molecule has 1 aromatic carbocycles. The van der Waals surface area contributed by atoms with E-state index in [4.69, 9.17) is 4.74 Å². The van der Waals surface area contributed by atoms with Crippen LogP contribution in [0.5, 0.6) is 0 Å². The number of hydrogen-bond acceptors (Lipinski definition) is 6. The van der Waals surface area contributed by atoms with Gasteiger partial charge in [-0.3, -0.25) is 9.52 Å². The van der Waals surface area contributed by atoms with Crippen molar-refractivity contribution in [2.45, 2.75) is 31.8 Å². The highest BCUT2D eigenvalue weighted by Crippen LogP contribution is 2.23. The molecule has 134 valence electrons. The number of thiazole rings is 1. The van der Waals surface area contributed by atoms with Gasteiger partial charge in [-0.05, 0) is 19.3 Å². The van der Waals surface area contributed by atoms with Crippen LogP contribution < -0.4 is 4.72 Å². The largest absolute Gasteiger partial charge is 0.377 e. The number of amides is 1. The lowest BCUT2D eigenvalue weighted by Crippen LogP contribution is -2.38. The Hall–Kier alpha value is -1.77. The fourth-order valence-electron chi connectivity index (χ4n) is 2.70. The molecule has 1 aliphatic heterocycles. The van der Waals surface area contributed by atoms with Crippen LogP contribution in [0, 0.1) is 0 Å². The number of nitrogens with one attached hydrogen (secondary N) is 1.